The molecule has 1 rings (SSSR count). The molecule has 0 saturated carbocycles. The summed E-state index contributed by atoms with van der Waals surface area (Å²) in [6.45, 7) is 0.788. The van der Waals surface area contributed by atoms with Gasteiger partial charge < -0.3 is 10.4 Å². The molecular formula is C10H9F3N2O4. The number of hydrogen-bond donors (Lipinski definition) is 2. The topological polar surface area (TPSA) is 92.5 Å². The van der Waals surface area contributed by atoms with Gasteiger partial charge in [-0.15, -0.1) is 0 Å². The molecule has 0 atom stereocenters. The van der Waals surface area contributed by atoms with E-state index in [0.29, 0.717) is 5.56 Å². The molecule has 0 spiro atoms. The molecule has 104 valence electrons. The quantitative estimate of drug-likeness (QED) is 0.651. The van der Waals surface area contributed by atoms with Gasteiger partial charge in [0.2, 0.25) is 0 Å². The van der Waals surface area contributed by atoms with Crippen molar-refractivity contribution in [3.05, 3.63) is 33.4 Å². The number of aryl methyl sites for hydroxylation is 1. The van der Waals surface area contributed by atoms with E-state index in [1.54, 1.807) is 5.32 Å². The first-order valence-corrected chi connectivity index (χ1v) is 4.95. The van der Waals surface area contributed by atoms with Gasteiger partial charge in [0.25, 0.3) is 0 Å². The number of nitro benzene ring substituents is 1. The molecule has 2 N–H and O–H groups in total. The molecule has 0 aliphatic carbocycles. The van der Waals surface area contributed by atoms with E-state index in [9.17, 15) is 33.2 Å². The number of nitrogens with zero attached hydrogens (tertiary/aromatic N) is 1. The molecule has 0 aliphatic rings. The molecule has 1 amide bonds. The Morgan fingerprint density at radius 2 is 2.05 bits per heavy atom. The van der Waals surface area contributed by atoms with Crippen LogP contribution in [0.3, 0.4) is 0 Å². The minimum absolute atomic E-state index is 0.133. The lowest BCUT2D eigenvalue weighted by Gasteiger charge is -2.11. The molecule has 19 heavy (non-hydrogen) atoms. The number of nitrogens with one attached hydrogen (secondary N) is 1. The molecule has 1 aromatic carbocycles. The van der Waals surface area contributed by atoms with Crippen LogP contribution in [-0.2, 0) is 11.3 Å². The van der Waals surface area contributed by atoms with Crippen molar-refractivity contribution in [1.82, 2.24) is 5.32 Å². The number of benzene rings is 1. The first-order valence-electron chi connectivity index (χ1n) is 4.95. The van der Waals surface area contributed by atoms with Crippen LogP contribution in [0.1, 0.15) is 11.1 Å². The third-order valence-corrected chi connectivity index (χ3v) is 2.38. The van der Waals surface area contributed by atoms with E-state index in [1.165, 1.54) is 13.0 Å². The van der Waals surface area contributed by atoms with E-state index < -0.39 is 35.0 Å². The minimum Gasteiger partial charge on any atom is -0.502 e. The Hall–Kier alpha value is -2.32. The summed E-state index contributed by atoms with van der Waals surface area (Å²) >= 11 is 0. The molecule has 0 saturated heterocycles. The summed E-state index contributed by atoms with van der Waals surface area (Å²) in [6, 6.07) is 2.30. The lowest BCUT2D eigenvalue weighted by molar-refractivity contribution is -0.385. The third kappa shape index (κ3) is 3.33. The lowest BCUT2D eigenvalue weighted by atomic mass is 10.1. The Morgan fingerprint density at radius 3 is 2.53 bits per heavy atom. The zero-order valence-electron chi connectivity index (χ0n) is 9.61. The van der Waals surface area contributed by atoms with Gasteiger partial charge in [-0.05, 0) is 12.5 Å². The molecule has 0 radical (unpaired) electrons. The summed E-state index contributed by atoms with van der Waals surface area (Å²) in [4.78, 5) is 20.3. The number of halogens is 3. The predicted octanol–water partition coefficient (Wildman–Crippen LogP) is 1.79. The van der Waals surface area contributed by atoms with Gasteiger partial charge in [-0.25, -0.2) is 0 Å². The fraction of sp³-hybridized carbons (Fsp3) is 0.300. The Balaban J connectivity index is 2.99. The number of aromatic hydroxyl groups is 1. The highest BCUT2D eigenvalue weighted by Crippen LogP contribution is 2.31. The Labute approximate surface area is 105 Å². The second kappa shape index (κ2) is 5.12. The third-order valence-electron chi connectivity index (χ3n) is 2.38. The number of amides is 1. The maximum atomic E-state index is 12.0. The zero-order chi connectivity index (χ0) is 14.8. The van der Waals surface area contributed by atoms with Crippen LogP contribution in [0.15, 0.2) is 12.1 Å². The van der Waals surface area contributed by atoms with Crippen molar-refractivity contribution in [2.24, 2.45) is 0 Å². The molecule has 0 bridgehead atoms. The zero-order valence-corrected chi connectivity index (χ0v) is 9.61. The number of alkyl halides is 3. The molecule has 0 heterocycles. The highest BCUT2D eigenvalue weighted by Gasteiger charge is 2.38. The number of hydrogen-bond acceptors (Lipinski definition) is 4. The number of phenolic OH excluding ortho intramolecular Hbond substituents is 1. The summed E-state index contributed by atoms with van der Waals surface area (Å²) in [5.74, 6) is -2.94. The Bertz CT molecular complexity index is 528. The van der Waals surface area contributed by atoms with E-state index in [2.05, 4.69) is 0 Å². The summed E-state index contributed by atoms with van der Waals surface area (Å²) in [7, 11) is 0. The van der Waals surface area contributed by atoms with Gasteiger partial charge in [0.05, 0.1) is 4.92 Å². The van der Waals surface area contributed by atoms with Crippen molar-refractivity contribution in [2.75, 3.05) is 0 Å². The molecule has 0 fully saturated rings. The van der Waals surface area contributed by atoms with Gasteiger partial charge in [0.1, 0.15) is 0 Å². The van der Waals surface area contributed by atoms with Crippen LogP contribution in [-0.4, -0.2) is 22.1 Å². The van der Waals surface area contributed by atoms with Crippen LogP contribution in [0.2, 0.25) is 0 Å². The van der Waals surface area contributed by atoms with Crippen molar-refractivity contribution in [3.8, 4) is 5.75 Å². The van der Waals surface area contributed by atoms with Gasteiger partial charge in [0.15, 0.2) is 5.75 Å². The first kappa shape index (κ1) is 14.7. The maximum Gasteiger partial charge on any atom is 0.471 e. The average molecular weight is 278 g/mol. The summed E-state index contributed by atoms with van der Waals surface area (Å²) < 4.78 is 35.9. The molecule has 0 aromatic heterocycles. The van der Waals surface area contributed by atoms with Crippen LogP contribution in [0, 0.1) is 17.0 Å². The van der Waals surface area contributed by atoms with Crippen LogP contribution < -0.4 is 5.32 Å². The fourth-order valence-electron chi connectivity index (χ4n) is 1.36. The van der Waals surface area contributed by atoms with E-state index in [4.69, 9.17) is 0 Å². The van der Waals surface area contributed by atoms with Crippen LogP contribution in [0.25, 0.3) is 0 Å². The minimum atomic E-state index is -5.05. The molecule has 1 aromatic rings. The van der Waals surface area contributed by atoms with Crippen LogP contribution in [0.4, 0.5) is 18.9 Å². The summed E-state index contributed by atoms with van der Waals surface area (Å²) in [6.07, 6.45) is -5.05. The normalized spacial score (nSPS) is 11.2. The van der Waals surface area contributed by atoms with Gasteiger partial charge in [-0.3, -0.25) is 14.9 Å². The highest BCUT2D eigenvalue weighted by atomic mass is 19.4. The van der Waals surface area contributed by atoms with E-state index in [0.717, 1.165) is 6.07 Å². The summed E-state index contributed by atoms with van der Waals surface area (Å²) in [5, 5.41) is 21.7. The number of rotatable bonds is 3. The predicted molar refractivity (Wildman–Crippen MR) is 57.4 cm³/mol. The monoisotopic (exact) mass is 278 g/mol. The first-order chi connectivity index (χ1) is 8.64. The van der Waals surface area contributed by atoms with Crippen molar-refractivity contribution < 1.29 is 28.0 Å². The highest BCUT2D eigenvalue weighted by molar-refractivity contribution is 5.81. The smallest absolute Gasteiger partial charge is 0.471 e. The molecule has 0 aliphatic heterocycles. The number of carbonyl (C=O) groups excluding carboxylic acids is 1. The lowest BCUT2D eigenvalue weighted by Crippen LogP contribution is -2.36. The van der Waals surface area contributed by atoms with Gasteiger partial charge in [-0.2, -0.15) is 13.2 Å². The molecule has 0 unspecified atom stereocenters. The van der Waals surface area contributed by atoms with Crippen LogP contribution in [0.5, 0.6) is 5.75 Å². The van der Waals surface area contributed by atoms with E-state index >= 15 is 0 Å². The second-order valence-corrected chi connectivity index (χ2v) is 3.67. The summed E-state index contributed by atoms with van der Waals surface area (Å²) in [5.41, 5.74) is -0.445. The molecule has 6 nitrogen and oxygen atoms in total. The maximum absolute atomic E-state index is 12.0. The van der Waals surface area contributed by atoms with Crippen molar-refractivity contribution in [3.63, 3.8) is 0 Å². The van der Waals surface area contributed by atoms with E-state index in [1.807, 2.05) is 0 Å². The molecular weight excluding hydrogens is 269 g/mol. The SMILES string of the molecule is Cc1ccc([N+](=O)[O-])c(O)c1CNC(=O)C(F)(F)F. The van der Waals surface area contributed by atoms with Crippen LogP contribution >= 0.6 is 0 Å². The Kier molecular flexibility index (Phi) is 3.98. The average Bonchev–Trinajstić information content (AvgIpc) is 2.26. The van der Waals surface area contributed by atoms with E-state index in [-0.39, 0.29) is 5.56 Å². The number of carbonyl (C=O) groups is 1. The van der Waals surface area contributed by atoms with Crippen molar-refractivity contribution in [2.45, 2.75) is 19.6 Å². The van der Waals surface area contributed by atoms with Gasteiger partial charge in [-0.1, -0.05) is 6.07 Å². The number of phenols is 1. The van der Waals surface area contributed by atoms with Crippen molar-refractivity contribution in [1.29, 1.82) is 0 Å². The van der Waals surface area contributed by atoms with Gasteiger partial charge >= 0.3 is 17.8 Å². The van der Waals surface area contributed by atoms with Gasteiger partial charge in [0, 0.05) is 18.2 Å². The largest absolute Gasteiger partial charge is 0.502 e. The standard InChI is InChI=1S/C10H9F3N2O4/c1-5-2-3-7(15(18)19)8(16)6(5)4-14-9(17)10(11,12)13/h2-3,16H,4H2,1H3,(H,14,17). The molecule has 9 heteroatoms. The number of nitro groups is 1. The Morgan fingerprint density at radius 1 is 1.47 bits per heavy atom. The fourth-order valence-corrected chi connectivity index (χ4v) is 1.36. The second-order valence-electron chi connectivity index (χ2n) is 3.67. The van der Waals surface area contributed by atoms with Crippen molar-refractivity contribution >= 4 is 11.6 Å².